The van der Waals surface area contributed by atoms with E-state index in [9.17, 15) is 8.42 Å². The van der Waals surface area contributed by atoms with Gasteiger partial charge in [-0.3, -0.25) is 0 Å². The van der Waals surface area contributed by atoms with Crippen LogP contribution in [-0.2, 0) is 10.2 Å². The lowest BCUT2D eigenvalue weighted by atomic mass is 10.1. The molecule has 0 aromatic heterocycles. The zero-order valence-electron chi connectivity index (χ0n) is 6.53. The first-order valence-corrected chi connectivity index (χ1v) is 4.67. The fraction of sp³-hybridized carbons (Fsp3) is 0.667. The molecule has 0 spiro atoms. The van der Waals surface area contributed by atoms with E-state index in [0.717, 1.165) is 0 Å². The molecule has 1 unspecified atom stereocenters. The predicted molar refractivity (Wildman–Crippen MR) is 43.7 cm³/mol. The number of hydrogen-bond donors (Lipinski definition) is 2. The van der Waals surface area contributed by atoms with Gasteiger partial charge >= 0.3 is 0 Å². The Morgan fingerprint density at radius 3 is 2.09 bits per heavy atom. The molecule has 0 rings (SSSR count). The van der Waals surface area contributed by atoms with E-state index in [-0.39, 0.29) is 5.92 Å². The van der Waals surface area contributed by atoms with Crippen LogP contribution in [0.3, 0.4) is 0 Å². The van der Waals surface area contributed by atoms with Crippen LogP contribution in [0, 0.1) is 18.3 Å². The van der Waals surface area contributed by atoms with Crippen molar-refractivity contribution >= 4 is 10.2 Å². The quantitative estimate of drug-likeness (QED) is 0.566. The molecule has 64 valence electrons. The Kier molecular flexibility index (Phi) is 3.52. The van der Waals surface area contributed by atoms with Crippen LogP contribution >= 0.6 is 0 Å². The van der Waals surface area contributed by atoms with Gasteiger partial charge in [-0.25, -0.2) is 5.14 Å². The second-order valence-electron chi connectivity index (χ2n) is 2.55. The molecule has 0 aliphatic heterocycles. The Morgan fingerprint density at radius 2 is 2.00 bits per heavy atom. The molecule has 0 saturated heterocycles. The third-order valence-electron chi connectivity index (χ3n) is 1.14. The normalized spacial score (nSPS) is 14.5. The van der Waals surface area contributed by atoms with Gasteiger partial charge in [-0.1, -0.05) is 19.8 Å². The second kappa shape index (κ2) is 3.72. The van der Waals surface area contributed by atoms with E-state index in [0.29, 0.717) is 0 Å². The van der Waals surface area contributed by atoms with Crippen LogP contribution in [-0.4, -0.2) is 14.5 Å². The number of hydrogen-bond acceptors (Lipinski definition) is 2. The van der Waals surface area contributed by atoms with E-state index in [2.05, 4.69) is 10.6 Å². The predicted octanol–water partition coefficient (Wildman–Crippen LogP) is -0.563. The molecule has 0 saturated carbocycles. The molecule has 0 bridgehead atoms. The molecule has 5 heteroatoms. The van der Waals surface area contributed by atoms with Crippen LogP contribution in [0.15, 0.2) is 0 Å². The molecule has 1 atom stereocenters. The number of nitrogens with one attached hydrogen (secondary N) is 1. The summed E-state index contributed by atoms with van der Waals surface area (Å²) in [6.45, 7) is 3.62. The maximum absolute atomic E-state index is 10.5. The number of terminal acetylenes is 1. The summed E-state index contributed by atoms with van der Waals surface area (Å²) in [6.07, 6.45) is 5.05. The summed E-state index contributed by atoms with van der Waals surface area (Å²) in [5, 5.41) is 4.72. The highest BCUT2D eigenvalue weighted by Crippen LogP contribution is 1.99. The maximum Gasteiger partial charge on any atom is 0.275 e. The van der Waals surface area contributed by atoms with Gasteiger partial charge in [0.2, 0.25) is 0 Å². The van der Waals surface area contributed by atoms with Gasteiger partial charge in [0.15, 0.2) is 0 Å². The van der Waals surface area contributed by atoms with Crippen LogP contribution in [0.25, 0.3) is 0 Å². The lowest BCUT2D eigenvalue weighted by Crippen LogP contribution is -2.41. The molecule has 4 nitrogen and oxygen atoms in total. The minimum atomic E-state index is -3.67. The summed E-state index contributed by atoms with van der Waals surface area (Å²) in [4.78, 5) is 0. The SMILES string of the molecule is C#CC(NS(N)(=O)=O)C(C)C. The number of rotatable bonds is 3. The molecule has 0 radical (unpaired) electrons. The summed E-state index contributed by atoms with van der Waals surface area (Å²) in [7, 11) is -3.67. The van der Waals surface area contributed by atoms with Gasteiger partial charge in [0.05, 0.1) is 6.04 Å². The summed E-state index contributed by atoms with van der Waals surface area (Å²) in [5.41, 5.74) is 0. The highest BCUT2D eigenvalue weighted by Gasteiger charge is 2.14. The topological polar surface area (TPSA) is 72.2 Å². The molecule has 0 amide bonds. The summed E-state index contributed by atoms with van der Waals surface area (Å²) >= 11 is 0. The monoisotopic (exact) mass is 176 g/mol. The van der Waals surface area contributed by atoms with Gasteiger partial charge < -0.3 is 0 Å². The van der Waals surface area contributed by atoms with E-state index in [1.165, 1.54) is 0 Å². The molecular formula is C6H12N2O2S. The first kappa shape index (κ1) is 10.4. The molecule has 0 aromatic carbocycles. The van der Waals surface area contributed by atoms with Crippen molar-refractivity contribution < 1.29 is 8.42 Å². The smallest absolute Gasteiger partial charge is 0.216 e. The van der Waals surface area contributed by atoms with Crippen LogP contribution in [0.5, 0.6) is 0 Å². The molecule has 3 N–H and O–H groups in total. The number of nitrogens with two attached hydrogens (primary N) is 1. The fourth-order valence-electron chi connectivity index (χ4n) is 0.540. The first-order valence-electron chi connectivity index (χ1n) is 3.13. The summed E-state index contributed by atoms with van der Waals surface area (Å²) < 4.78 is 23.1. The van der Waals surface area contributed by atoms with Crippen molar-refractivity contribution in [3.8, 4) is 12.3 Å². The van der Waals surface area contributed by atoms with Crippen molar-refractivity contribution in [3.63, 3.8) is 0 Å². The van der Waals surface area contributed by atoms with E-state index < -0.39 is 16.3 Å². The molecule has 0 fully saturated rings. The van der Waals surface area contributed by atoms with Crippen LogP contribution in [0.2, 0.25) is 0 Å². The zero-order valence-corrected chi connectivity index (χ0v) is 7.35. The first-order chi connectivity index (χ1) is 4.87. The van der Waals surface area contributed by atoms with Crippen molar-refractivity contribution in [2.75, 3.05) is 0 Å². The fourth-order valence-corrected chi connectivity index (χ4v) is 1.23. The van der Waals surface area contributed by atoms with Crippen molar-refractivity contribution in [2.24, 2.45) is 11.1 Å². The Bertz CT molecular complexity index is 250. The maximum atomic E-state index is 10.5. The lowest BCUT2D eigenvalue weighted by Gasteiger charge is -2.13. The zero-order chi connectivity index (χ0) is 9.07. The van der Waals surface area contributed by atoms with Gasteiger partial charge in [-0.05, 0) is 5.92 Å². The largest absolute Gasteiger partial charge is 0.275 e. The Hall–Kier alpha value is -0.570. The van der Waals surface area contributed by atoms with E-state index in [4.69, 9.17) is 11.6 Å². The average Bonchev–Trinajstić information content (AvgIpc) is 1.80. The third-order valence-corrected chi connectivity index (χ3v) is 1.72. The van der Waals surface area contributed by atoms with Crippen molar-refractivity contribution in [3.05, 3.63) is 0 Å². The van der Waals surface area contributed by atoms with Crippen LogP contribution < -0.4 is 9.86 Å². The third kappa shape index (κ3) is 4.79. The summed E-state index contributed by atoms with van der Waals surface area (Å²) in [5.74, 6) is 2.33. The van der Waals surface area contributed by atoms with Gasteiger partial charge in [-0.15, -0.1) is 6.42 Å². The van der Waals surface area contributed by atoms with E-state index in [1.54, 1.807) is 0 Å². The van der Waals surface area contributed by atoms with Gasteiger partial charge in [-0.2, -0.15) is 13.1 Å². The average molecular weight is 176 g/mol. The van der Waals surface area contributed by atoms with Crippen molar-refractivity contribution in [1.29, 1.82) is 0 Å². The molecule has 0 aromatic rings. The Labute approximate surface area is 67.3 Å². The Balaban J connectivity index is 4.26. The van der Waals surface area contributed by atoms with Gasteiger partial charge in [0.25, 0.3) is 10.2 Å². The van der Waals surface area contributed by atoms with E-state index in [1.807, 2.05) is 13.8 Å². The summed E-state index contributed by atoms with van der Waals surface area (Å²) in [6, 6.07) is -0.523. The van der Waals surface area contributed by atoms with Crippen LogP contribution in [0.4, 0.5) is 0 Å². The minimum absolute atomic E-state index is 0.0401. The Morgan fingerprint density at radius 1 is 1.55 bits per heavy atom. The molecule has 0 aliphatic carbocycles. The highest BCUT2D eigenvalue weighted by molar-refractivity contribution is 7.87. The van der Waals surface area contributed by atoms with Crippen molar-refractivity contribution in [2.45, 2.75) is 19.9 Å². The molecule has 0 heterocycles. The van der Waals surface area contributed by atoms with Crippen molar-refractivity contribution in [1.82, 2.24) is 4.72 Å². The van der Waals surface area contributed by atoms with Gasteiger partial charge in [0.1, 0.15) is 0 Å². The molecular weight excluding hydrogens is 164 g/mol. The minimum Gasteiger partial charge on any atom is -0.216 e. The second-order valence-corrected chi connectivity index (χ2v) is 3.88. The van der Waals surface area contributed by atoms with Crippen LogP contribution in [0.1, 0.15) is 13.8 Å². The lowest BCUT2D eigenvalue weighted by molar-refractivity contribution is 0.519. The van der Waals surface area contributed by atoms with E-state index >= 15 is 0 Å². The molecule has 11 heavy (non-hydrogen) atoms. The molecule has 0 aliphatic rings. The highest BCUT2D eigenvalue weighted by atomic mass is 32.2. The standard InChI is InChI=1S/C6H12N2O2S/c1-4-6(5(2)3)8-11(7,9)10/h1,5-6,8H,2-3H3,(H2,7,9,10). The van der Waals surface area contributed by atoms with Gasteiger partial charge in [0, 0.05) is 0 Å².